The van der Waals surface area contributed by atoms with E-state index >= 15 is 0 Å². The van der Waals surface area contributed by atoms with Crippen LogP contribution >= 0.6 is 15.9 Å². The molecule has 0 atom stereocenters. The Labute approximate surface area is 186 Å². The first-order valence-corrected chi connectivity index (χ1v) is 9.63. The number of esters is 1. The van der Waals surface area contributed by atoms with Gasteiger partial charge in [-0.2, -0.15) is 13.2 Å². The number of benzene rings is 1. The third-order valence-electron chi connectivity index (χ3n) is 4.21. The Morgan fingerprint density at radius 2 is 1.81 bits per heavy atom. The first-order chi connectivity index (χ1) is 14.9. The summed E-state index contributed by atoms with van der Waals surface area (Å²) >= 11 is 3.07. The Morgan fingerprint density at radius 3 is 2.31 bits per heavy atom. The van der Waals surface area contributed by atoms with Gasteiger partial charge in [-0.15, -0.1) is 0 Å². The topological polar surface area (TPSA) is 99.6 Å². The molecule has 0 spiro atoms. The van der Waals surface area contributed by atoms with Gasteiger partial charge in [-0.1, -0.05) is 6.92 Å². The smallest absolute Gasteiger partial charge is 0.431 e. The average molecular weight is 525 g/mol. The number of carbonyl (C=O) groups excluding carboxylic acids is 1. The van der Waals surface area contributed by atoms with Crippen LogP contribution in [0.3, 0.4) is 0 Å². The van der Waals surface area contributed by atoms with Gasteiger partial charge in [-0.3, -0.25) is 4.79 Å². The molecule has 0 saturated carbocycles. The van der Waals surface area contributed by atoms with Crippen molar-refractivity contribution in [1.29, 1.82) is 0 Å². The molecule has 0 fully saturated rings. The first-order valence-electron chi connectivity index (χ1n) is 8.84. The van der Waals surface area contributed by atoms with Gasteiger partial charge in [0.1, 0.15) is 23.9 Å². The minimum Gasteiger partial charge on any atom is -0.490 e. The highest BCUT2D eigenvalue weighted by atomic mass is 79.9. The van der Waals surface area contributed by atoms with E-state index in [0.29, 0.717) is 12.0 Å². The van der Waals surface area contributed by atoms with Gasteiger partial charge in [0.05, 0.1) is 24.4 Å². The number of rotatable bonds is 7. The molecule has 13 heteroatoms. The molecule has 0 radical (unpaired) electrons. The van der Waals surface area contributed by atoms with E-state index in [9.17, 15) is 31.9 Å². The Balaban J connectivity index is 2.52. The molecule has 8 nitrogen and oxygen atoms in total. The van der Waals surface area contributed by atoms with Gasteiger partial charge in [0, 0.05) is 17.7 Å². The summed E-state index contributed by atoms with van der Waals surface area (Å²) in [5, 5.41) is 0. The van der Waals surface area contributed by atoms with E-state index in [-0.39, 0.29) is 33.2 Å². The van der Waals surface area contributed by atoms with Crippen LogP contribution in [0.5, 0.6) is 5.75 Å². The van der Waals surface area contributed by atoms with Crippen molar-refractivity contribution in [1.82, 2.24) is 9.55 Å². The first kappa shape index (κ1) is 25.2. The fraction of sp³-hybridized carbons (Fsp3) is 0.316. The number of aromatic nitrogens is 2. The normalized spacial score (nSPS) is 12.2. The van der Waals surface area contributed by atoms with Crippen molar-refractivity contribution in [3.8, 4) is 11.4 Å². The van der Waals surface area contributed by atoms with Crippen LogP contribution in [0, 0.1) is 5.82 Å². The number of H-pyrrole nitrogens is 1. The number of hydrogen-bond acceptors (Lipinski definition) is 6. The third kappa shape index (κ3) is 5.39. The van der Waals surface area contributed by atoms with Crippen LogP contribution in [-0.4, -0.2) is 36.3 Å². The lowest BCUT2D eigenvalue weighted by atomic mass is 10.2. The minimum atomic E-state index is -4.97. The molecule has 0 bridgehead atoms. The van der Waals surface area contributed by atoms with Crippen molar-refractivity contribution in [2.45, 2.75) is 19.5 Å². The van der Waals surface area contributed by atoms with E-state index in [1.807, 2.05) is 0 Å². The van der Waals surface area contributed by atoms with Crippen molar-refractivity contribution < 1.29 is 36.6 Å². The minimum absolute atomic E-state index is 0.0566. The lowest BCUT2D eigenvalue weighted by Gasteiger charge is -2.15. The molecule has 0 aliphatic heterocycles. The average Bonchev–Trinajstić information content (AvgIpc) is 2.71. The molecule has 0 unspecified atom stereocenters. The molecule has 1 N–H and O–H groups in total. The molecular formula is C19H17BrF4N2O6. The molecule has 1 heterocycles. The summed E-state index contributed by atoms with van der Waals surface area (Å²) in [6.45, 7) is 1.50. The summed E-state index contributed by atoms with van der Waals surface area (Å²) < 4.78 is 68.4. The maximum atomic E-state index is 14.5. The lowest BCUT2D eigenvalue weighted by molar-refractivity contribution is -0.141. The molecule has 0 amide bonds. The Morgan fingerprint density at radius 1 is 1.16 bits per heavy atom. The van der Waals surface area contributed by atoms with Crippen LogP contribution in [-0.2, 0) is 20.4 Å². The van der Waals surface area contributed by atoms with Crippen molar-refractivity contribution in [3.05, 3.63) is 66.4 Å². The highest BCUT2D eigenvalue weighted by Gasteiger charge is 2.33. The monoisotopic (exact) mass is 524 g/mol. The maximum Gasteiger partial charge on any atom is 0.431 e. The van der Waals surface area contributed by atoms with Crippen LogP contribution in [0.1, 0.15) is 19.0 Å². The Bertz CT molecular complexity index is 1140. The van der Waals surface area contributed by atoms with E-state index in [1.54, 1.807) is 6.92 Å². The molecule has 2 aromatic rings. The fourth-order valence-corrected chi connectivity index (χ4v) is 3.06. The van der Waals surface area contributed by atoms with E-state index in [4.69, 9.17) is 9.47 Å². The quantitative estimate of drug-likeness (QED) is 0.258. The van der Waals surface area contributed by atoms with E-state index in [2.05, 4.69) is 20.7 Å². The number of ether oxygens (including phenoxy) is 3. The van der Waals surface area contributed by atoms with Gasteiger partial charge >= 0.3 is 17.8 Å². The van der Waals surface area contributed by atoms with E-state index in [1.165, 1.54) is 12.1 Å². The zero-order valence-corrected chi connectivity index (χ0v) is 18.5. The van der Waals surface area contributed by atoms with Crippen LogP contribution < -0.4 is 16.0 Å². The molecule has 174 valence electrons. The highest BCUT2D eigenvalue weighted by molar-refractivity contribution is 9.10. The third-order valence-corrected chi connectivity index (χ3v) is 4.82. The fourth-order valence-electron chi connectivity index (χ4n) is 2.63. The van der Waals surface area contributed by atoms with Gasteiger partial charge in [0.15, 0.2) is 0 Å². The van der Waals surface area contributed by atoms with Gasteiger partial charge < -0.3 is 19.2 Å². The molecule has 2 rings (SSSR count). The molecule has 32 heavy (non-hydrogen) atoms. The second kappa shape index (κ2) is 10.0. The van der Waals surface area contributed by atoms with Crippen molar-refractivity contribution in [2.24, 2.45) is 0 Å². The largest absolute Gasteiger partial charge is 0.490 e. The van der Waals surface area contributed by atoms with Crippen LogP contribution in [0.15, 0.2) is 43.6 Å². The summed E-state index contributed by atoms with van der Waals surface area (Å²) in [6.07, 6.45) is -4.65. The van der Waals surface area contributed by atoms with Crippen molar-refractivity contribution in [2.75, 3.05) is 20.8 Å². The number of methoxy groups -OCH3 is 2. The van der Waals surface area contributed by atoms with Crippen molar-refractivity contribution in [3.63, 3.8) is 0 Å². The molecule has 1 aromatic carbocycles. The number of nitrogens with one attached hydrogen (secondary N) is 1. The zero-order chi connectivity index (χ0) is 24.2. The summed E-state index contributed by atoms with van der Waals surface area (Å²) in [4.78, 5) is 37.6. The van der Waals surface area contributed by atoms with Gasteiger partial charge in [-0.25, -0.2) is 18.5 Å². The predicted octanol–water partition coefficient (Wildman–Crippen LogP) is 3.31. The molecule has 0 aliphatic rings. The number of halogens is 5. The summed E-state index contributed by atoms with van der Waals surface area (Å²) in [5.41, 5.74) is -4.69. The zero-order valence-electron chi connectivity index (χ0n) is 16.9. The SMILES string of the molecule is CC/C(COc1cc(-n2c(=O)cc(C(F)(F)F)[nH]c2=O)c(F)cc1Br)=C(\OC)C(=O)OC. The standard InChI is InChI=1S/C19H17BrF4N2O6/c1-4-9(16(30-2)17(28)31-3)8-32-13-6-12(11(21)5-10(13)20)26-15(27)7-14(19(22,23)24)25-18(26)29/h5-7H,4,8H2,1-3H3,(H,25,29)/b16-9+. The molecule has 1 aromatic heterocycles. The van der Waals surface area contributed by atoms with Crippen LogP contribution in [0.25, 0.3) is 5.69 Å². The van der Waals surface area contributed by atoms with Gasteiger partial charge in [-0.05, 0) is 28.4 Å². The number of alkyl halides is 3. The Hall–Kier alpha value is -3.09. The van der Waals surface area contributed by atoms with Crippen LogP contribution in [0.4, 0.5) is 17.6 Å². The molecule has 0 aliphatic carbocycles. The number of carbonyl (C=O) groups is 1. The second-order valence-electron chi connectivity index (χ2n) is 6.16. The summed E-state index contributed by atoms with van der Waals surface area (Å²) in [6, 6.07) is 1.98. The van der Waals surface area contributed by atoms with Gasteiger partial charge in [0.25, 0.3) is 5.56 Å². The van der Waals surface area contributed by atoms with Crippen LogP contribution in [0.2, 0.25) is 0 Å². The predicted molar refractivity (Wildman–Crippen MR) is 107 cm³/mol. The number of hydrogen-bond donors (Lipinski definition) is 1. The number of aromatic amines is 1. The highest BCUT2D eigenvalue weighted by Crippen LogP contribution is 2.30. The summed E-state index contributed by atoms with van der Waals surface area (Å²) in [7, 11) is 2.43. The van der Waals surface area contributed by atoms with E-state index in [0.717, 1.165) is 19.2 Å². The molecular weight excluding hydrogens is 508 g/mol. The second-order valence-corrected chi connectivity index (χ2v) is 7.02. The lowest BCUT2D eigenvalue weighted by Crippen LogP contribution is -2.36. The van der Waals surface area contributed by atoms with Gasteiger partial charge in [0.2, 0.25) is 5.76 Å². The maximum absolute atomic E-state index is 14.5. The summed E-state index contributed by atoms with van der Waals surface area (Å²) in [5.74, 6) is -1.97. The Kier molecular flexibility index (Phi) is 7.88. The number of nitrogens with zero attached hydrogens (tertiary/aromatic N) is 1. The van der Waals surface area contributed by atoms with E-state index < -0.39 is 40.6 Å². The molecule has 0 saturated heterocycles. The van der Waals surface area contributed by atoms with Crippen molar-refractivity contribution >= 4 is 21.9 Å².